The molecule has 1 aliphatic rings. The molecule has 1 amide bonds. The number of anilines is 1. The molecule has 104 valence electrons. The highest BCUT2D eigenvalue weighted by Gasteiger charge is 2.20. The summed E-state index contributed by atoms with van der Waals surface area (Å²) in [4.78, 5) is 17.9. The van der Waals surface area contributed by atoms with Crippen LogP contribution in [0.25, 0.3) is 0 Å². The van der Waals surface area contributed by atoms with Gasteiger partial charge in [0.05, 0.1) is 0 Å². The van der Waals surface area contributed by atoms with Crippen LogP contribution in [-0.2, 0) is 4.79 Å². The number of hydrogen-bond acceptors (Lipinski definition) is 4. The molecule has 1 aliphatic heterocycles. The van der Waals surface area contributed by atoms with E-state index in [2.05, 4.69) is 10.3 Å². The number of carbonyl (C=O) groups is 1. The van der Waals surface area contributed by atoms with Gasteiger partial charge >= 0.3 is 0 Å². The minimum absolute atomic E-state index is 0.0775. The van der Waals surface area contributed by atoms with Crippen LogP contribution < -0.4 is 5.32 Å². The summed E-state index contributed by atoms with van der Waals surface area (Å²) in [6.45, 7) is 1.43. The third kappa shape index (κ3) is 3.72. The van der Waals surface area contributed by atoms with E-state index in [1.54, 1.807) is 23.2 Å². The maximum atomic E-state index is 12.2. The molecule has 1 aromatic rings. The number of pyridine rings is 1. The van der Waals surface area contributed by atoms with Crippen LogP contribution in [0.2, 0.25) is 5.02 Å². The van der Waals surface area contributed by atoms with Crippen LogP contribution in [-0.4, -0.2) is 28.9 Å². The molecule has 0 aromatic carbocycles. The summed E-state index contributed by atoms with van der Waals surface area (Å²) in [5.74, 6) is 0.262. The van der Waals surface area contributed by atoms with Crippen LogP contribution in [0, 0.1) is 11.3 Å². The van der Waals surface area contributed by atoms with Crippen molar-refractivity contribution in [3.8, 4) is 6.07 Å². The first-order valence-electron chi connectivity index (χ1n) is 6.48. The van der Waals surface area contributed by atoms with Crippen LogP contribution in [0.4, 0.5) is 5.82 Å². The zero-order valence-electron chi connectivity index (χ0n) is 11.0. The second-order valence-corrected chi connectivity index (χ2v) is 4.96. The lowest BCUT2D eigenvalue weighted by Gasteiger charge is -2.26. The first-order valence-corrected chi connectivity index (χ1v) is 6.86. The molecule has 0 aliphatic carbocycles. The lowest BCUT2D eigenvalue weighted by molar-refractivity contribution is -0.127. The molecule has 1 aromatic heterocycles. The quantitative estimate of drug-likeness (QED) is 0.686. The molecule has 6 heteroatoms. The van der Waals surface area contributed by atoms with E-state index in [-0.39, 0.29) is 11.5 Å². The van der Waals surface area contributed by atoms with Crippen molar-refractivity contribution in [3.05, 3.63) is 35.1 Å². The average Bonchev–Trinajstić information content (AvgIpc) is 2.48. The number of hydrogen-bond donors (Lipinski definition) is 1. The van der Waals surface area contributed by atoms with Gasteiger partial charge in [0.2, 0.25) is 0 Å². The van der Waals surface area contributed by atoms with Gasteiger partial charge in [-0.25, -0.2) is 4.98 Å². The Bertz CT molecular complexity index is 559. The molecule has 1 N–H and O–H groups in total. The van der Waals surface area contributed by atoms with E-state index in [9.17, 15) is 4.79 Å². The maximum Gasteiger partial charge on any atom is 0.266 e. The van der Waals surface area contributed by atoms with Crippen molar-refractivity contribution in [2.75, 3.05) is 18.4 Å². The molecular formula is C14H15ClN4O. The highest BCUT2D eigenvalue weighted by Crippen LogP contribution is 2.14. The molecular weight excluding hydrogens is 276 g/mol. The molecule has 1 saturated heterocycles. The number of carbonyl (C=O) groups excluding carboxylic acids is 1. The van der Waals surface area contributed by atoms with Crippen molar-refractivity contribution in [3.63, 3.8) is 0 Å². The van der Waals surface area contributed by atoms with Gasteiger partial charge in [-0.1, -0.05) is 11.6 Å². The Kier molecular flexibility index (Phi) is 4.97. The van der Waals surface area contributed by atoms with Gasteiger partial charge in [0.15, 0.2) is 0 Å². The molecule has 0 saturated carbocycles. The van der Waals surface area contributed by atoms with Crippen LogP contribution in [0.3, 0.4) is 0 Å². The van der Waals surface area contributed by atoms with E-state index in [0.717, 1.165) is 19.3 Å². The van der Waals surface area contributed by atoms with Gasteiger partial charge in [0.1, 0.15) is 17.5 Å². The maximum absolute atomic E-state index is 12.2. The van der Waals surface area contributed by atoms with E-state index in [1.165, 1.54) is 6.20 Å². The Morgan fingerprint density at radius 1 is 1.45 bits per heavy atom. The van der Waals surface area contributed by atoms with E-state index < -0.39 is 0 Å². The summed E-state index contributed by atoms with van der Waals surface area (Å²) in [5, 5.41) is 12.5. The number of rotatable bonds is 3. The van der Waals surface area contributed by atoms with Crippen molar-refractivity contribution in [1.82, 2.24) is 9.88 Å². The normalized spacial score (nSPS) is 15.6. The fraction of sp³-hybridized carbons (Fsp3) is 0.357. The number of aromatic nitrogens is 1. The highest BCUT2D eigenvalue weighted by atomic mass is 35.5. The Morgan fingerprint density at radius 2 is 2.20 bits per heavy atom. The summed E-state index contributed by atoms with van der Waals surface area (Å²) in [6.07, 6.45) is 6.06. The first kappa shape index (κ1) is 14.4. The van der Waals surface area contributed by atoms with Gasteiger partial charge in [-0.2, -0.15) is 5.26 Å². The molecule has 0 atom stereocenters. The van der Waals surface area contributed by atoms with Gasteiger partial charge in [-0.3, -0.25) is 4.79 Å². The second kappa shape index (κ2) is 6.92. The number of amides is 1. The number of likely N-dealkylation sites (tertiary alicyclic amines) is 1. The Balaban J connectivity index is 2.05. The minimum Gasteiger partial charge on any atom is -0.345 e. The van der Waals surface area contributed by atoms with Crippen molar-refractivity contribution >= 4 is 23.3 Å². The number of nitrogens with one attached hydrogen (secondary N) is 1. The lowest BCUT2D eigenvalue weighted by Crippen LogP contribution is -2.36. The summed E-state index contributed by atoms with van der Waals surface area (Å²) >= 11 is 5.84. The van der Waals surface area contributed by atoms with Crippen molar-refractivity contribution in [2.24, 2.45) is 0 Å². The Morgan fingerprint density at radius 3 is 2.85 bits per heavy atom. The molecule has 5 nitrogen and oxygen atoms in total. The zero-order chi connectivity index (χ0) is 14.4. The minimum atomic E-state index is -0.235. The monoisotopic (exact) mass is 290 g/mol. The molecule has 0 spiro atoms. The van der Waals surface area contributed by atoms with Gasteiger partial charge in [-0.15, -0.1) is 0 Å². The smallest absolute Gasteiger partial charge is 0.266 e. The zero-order valence-corrected chi connectivity index (χ0v) is 11.7. The average molecular weight is 291 g/mol. The fourth-order valence-corrected chi connectivity index (χ4v) is 2.20. The van der Waals surface area contributed by atoms with Gasteiger partial charge in [0.25, 0.3) is 5.91 Å². The van der Waals surface area contributed by atoms with Crippen molar-refractivity contribution < 1.29 is 4.79 Å². The van der Waals surface area contributed by atoms with E-state index in [0.29, 0.717) is 23.9 Å². The second-order valence-electron chi connectivity index (χ2n) is 4.53. The van der Waals surface area contributed by atoms with Crippen LogP contribution in [0.15, 0.2) is 30.1 Å². The van der Waals surface area contributed by atoms with E-state index in [1.807, 2.05) is 6.07 Å². The molecule has 0 radical (unpaired) electrons. The van der Waals surface area contributed by atoms with Crippen LogP contribution >= 0.6 is 11.6 Å². The fourth-order valence-electron chi connectivity index (χ4n) is 2.04. The number of halogens is 1. The predicted molar refractivity (Wildman–Crippen MR) is 77.0 cm³/mol. The third-order valence-corrected chi connectivity index (χ3v) is 3.32. The van der Waals surface area contributed by atoms with Crippen molar-refractivity contribution in [1.29, 1.82) is 5.26 Å². The Hall–Kier alpha value is -2.06. The molecule has 2 heterocycles. The summed E-state index contributed by atoms with van der Waals surface area (Å²) in [6, 6.07) is 5.21. The van der Waals surface area contributed by atoms with Crippen LogP contribution in [0.1, 0.15) is 19.3 Å². The summed E-state index contributed by atoms with van der Waals surface area (Å²) in [7, 11) is 0. The Labute approximate surface area is 122 Å². The topological polar surface area (TPSA) is 69.0 Å². The number of nitriles is 1. The highest BCUT2D eigenvalue weighted by molar-refractivity contribution is 6.30. The largest absolute Gasteiger partial charge is 0.345 e. The molecule has 0 bridgehead atoms. The molecule has 0 unspecified atom stereocenters. The molecule has 2 rings (SSSR count). The SMILES string of the molecule is N#C/C(=C/Nc1cc(Cl)ccn1)C(=O)N1CCCCC1. The standard InChI is InChI=1S/C14H15ClN4O/c15-12-4-5-17-13(8-12)18-10-11(9-16)14(20)19-6-2-1-3-7-19/h4-5,8,10H,1-3,6-7H2,(H,17,18)/b11-10-. The molecule has 20 heavy (non-hydrogen) atoms. The number of nitrogens with zero attached hydrogens (tertiary/aromatic N) is 3. The number of piperidine rings is 1. The third-order valence-electron chi connectivity index (χ3n) is 3.08. The van der Waals surface area contributed by atoms with Gasteiger partial charge < -0.3 is 10.2 Å². The van der Waals surface area contributed by atoms with Crippen LogP contribution in [0.5, 0.6) is 0 Å². The molecule has 1 fully saturated rings. The van der Waals surface area contributed by atoms with E-state index in [4.69, 9.17) is 16.9 Å². The predicted octanol–water partition coefficient (Wildman–Crippen LogP) is 2.57. The van der Waals surface area contributed by atoms with E-state index >= 15 is 0 Å². The van der Waals surface area contributed by atoms with Gasteiger partial charge in [-0.05, 0) is 31.4 Å². The lowest BCUT2D eigenvalue weighted by atomic mass is 10.1. The summed E-state index contributed by atoms with van der Waals surface area (Å²) in [5.41, 5.74) is 0.0775. The van der Waals surface area contributed by atoms with Gasteiger partial charge in [0, 0.05) is 30.5 Å². The van der Waals surface area contributed by atoms with Crippen molar-refractivity contribution in [2.45, 2.75) is 19.3 Å². The first-order chi connectivity index (χ1) is 9.70. The summed E-state index contributed by atoms with van der Waals surface area (Å²) < 4.78 is 0.